The van der Waals surface area contributed by atoms with Crippen LogP contribution in [-0.4, -0.2) is 15.8 Å². The van der Waals surface area contributed by atoms with E-state index in [1.54, 1.807) is 13.0 Å². The Morgan fingerprint density at radius 2 is 2.00 bits per heavy atom. The lowest BCUT2D eigenvalue weighted by Crippen LogP contribution is -2.20. The molecule has 1 aromatic rings. The highest BCUT2D eigenvalue weighted by molar-refractivity contribution is 7.83. The van der Waals surface area contributed by atoms with Gasteiger partial charge in [0.1, 0.15) is 5.75 Å². The lowest BCUT2D eigenvalue weighted by atomic mass is 9.96. The van der Waals surface area contributed by atoms with E-state index < -0.39 is 17.3 Å². The third-order valence-corrected chi connectivity index (χ3v) is 3.73. The number of alkyl halides is 3. The van der Waals surface area contributed by atoms with Gasteiger partial charge in [-0.15, -0.1) is 13.2 Å². The van der Waals surface area contributed by atoms with Gasteiger partial charge < -0.3 is 4.74 Å². The molecular formula is C12H16F3NO2S. The van der Waals surface area contributed by atoms with Gasteiger partial charge in [-0.3, -0.25) is 5.14 Å². The van der Waals surface area contributed by atoms with E-state index in [1.165, 1.54) is 18.2 Å². The topological polar surface area (TPSA) is 52.3 Å². The highest BCUT2D eigenvalue weighted by Crippen LogP contribution is 2.28. The van der Waals surface area contributed by atoms with Crippen molar-refractivity contribution in [1.29, 1.82) is 0 Å². The predicted molar refractivity (Wildman–Crippen MR) is 67.9 cm³/mol. The first-order chi connectivity index (χ1) is 8.69. The van der Waals surface area contributed by atoms with Gasteiger partial charge in [-0.25, -0.2) is 4.21 Å². The number of hydrogen-bond acceptors (Lipinski definition) is 2. The lowest BCUT2D eigenvalue weighted by Gasteiger charge is -2.17. The van der Waals surface area contributed by atoms with Crippen molar-refractivity contribution in [3.05, 3.63) is 29.8 Å². The molecule has 0 aliphatic heterocycles. The van der Waals surface area contributed by atoms with E-state index in [-0.39, 0.29) is 16.9 Å². The van der Waals surface area contributed by atoms with Gasteiger partial charge in [-0.1, -0.05) is 19.1 Å². The van der Waals surface area contributed by atoms with Crippen molar-refractivity contribution in [2.45, 2.75) is 37.8 Å². The van der Waals surface area contributed by atoms with E-state index in [4.69, 9.17) is 5.14 Å². The Bertz CT molecular complexity index is 451. The summed E-state index contributed by atoms with van der Waals surface area (Å²) in [5.74, 6) is -0.308. The Morgan fingerprint density at radius 3 is 2.53 bits per heavy atom. The highest BCUT2D eigenvalue weighted by atomic mass is 32.2. The Morgan fingerprint density at radius 1 is 1.37 bits per heavy atom. The number of nitrogens with two attached hydrogens (primary N) is 1. The predicted octanol–water partition coefficient (Wildman–Crippen LogP) is 3.09. The van der Waals surface area contributed by atoms with E-state index in [1.807, 2.05) is 6.92 Å². The van der Waals surface area contributed by atoms with Gasteiger partial charge in [-0.2, -0.15) is 0 Å². The van der Waals surface area contributed by atoms with Gasteiger partial charge in [0.15, 0.2) is 0 Å². The molecule has 7 heteroatoms. The van der Waals surface area contributed by atoms with Gasteiger partial charge >= 0.3 is 6.36 Å². The van der Waals surface area contributed by atoms with Crippen LogP contribution in [0.1, 0.15) is 31.7 Å². The van der Waals surface area contributed by atoms with Crippen LogP contribution in [-0.2, 0) is 11.0 Å². The third-order valence-electron chi connectivity index (χ3n) is 2.74. The van der Waals surface area contributed by atoms with Gasteiger partial charge in [0, 0.05) is 5.25 Å². The average molecular weight is 295 g/mol. The maximum absolute atomic E-state index is 12.1. The van der Waals surface area contributed by atoms with E-state index in [9.17, 15) is 17.4 Å². The Balaban J connectivity index is 2.78. The normalized spacial score (nSPS) is 16.7. The molecule has 3 atom stereocenters. The molecule has 0 spiro atoms. The van der Waals surface area contributed by atoms with E-state index in [0.717, 1.165) is 0 Å². The van der Waals surface area contributed by atoms with Crippen molar-refractivity contribution in [3.8, 4) is 5.75 Å². The zero-order valence-corrected chi connectivity index (χ0v) is 11.4. The second-order valence-electron chi connectivity index (χ2n) is 4.40. The average Bonchev–Trinajstić information content (AvgIpc) is 2.26. The smallest absolute Gasteiger partial charge is 0.406 e. The van der Waals surface area contributed by atoms with Crippen LogP contribution in [0.5, 0.6) is 5.75 Å². The summed E-state index contributed by atoms with van der Waals surface area (Å²) < 4.78 is 51.3. The molecular weight excluding hydrogens is 279 g/mol. The van der Waals surface area contributed by atoms with E-state index >= 15 is 0 Å². The van der Waals surface area contributed by atoms with Crippen molar-refractivity contribution in [1.82, 2.24) is 0 Å². The van der Waals surface area contributed by atoms with Crippen molar-refractivity contribution in [3.63, 3.8) is 0 Å². The Hall–Kier alpha value is -1.08. The van der Waals surface area contributed by atoms with Gasteiger partial charge in [-0.05, 0) is 37.0 Å². The molecule has 3 nitrogen and oxygen atoms in total. The molecule has 0 aliphatic carbocycles. The number of benzene rings is 1. The van der Waals surface area contributed by atoms with Crippen molar-refractivity contribution in [2.75, 3.05) is 0 Å². The summed E-state index contributed by atoms with van der Waals surface area (Å²) in [6, 6.07) is 5.79. The maximum Gasteiger partial charge on any atom is 0.573 e. The van der Waals surface area contributed by atoms with Crippen LogP contribution in [0.3, 0.4) is 0 Å². The molecule has 1 aromatic carbocycles. The molecule has 0 aliphatic rings. The summed E-state index contributed by atoms with van der Waals surface area (Å²) in [7, 11) is -1.44. The monoisotopic (exact) mass is 295 g/mol. The summed E-state index contributed by atoms with van der Waals surface area (Å²) in [6.07, 6.45) is -4.17. The first-order valence-electron chi connectivity index (χ1n) is 5.69. The summed E-state index contributed by atoms with van der Waals surface area (Å²) in [6.45, 7) is 3.58. The molecule has 19 heavy (non-hydrogen) atoms. The molecule has 0 saturated heterocycles. The quantitative estimate of drug-likeness (QED) is 0.907. The first-order valence-corrected chi connectivity index (χ1v) is 6.97. The minimum Gasteiger partial charge on any atom is -0.406 e. The summed E-state index contributed by atoms with van der Waals surface area (Å²) >= 11 is 0. The van der Waals surface area contributed by atoms with Crippen molar-refractivity contribution < 1.29 is 22.1 Å². The lowest BCUT2D eigenvalue weighted by molar-refractivity contribution is -0.274. The standard InChI is InChI=1S/C12H16F3NO2S/c1-8(6-9(2)19(16)17)10-4-3-5-11(7-10)18-12(13,14)15/h3-5,7-9H,6,16H2,1-2H3/t8-,9?,19?/m0/s1. The molecule has 1 rings (SSSR count). The molecule has 2 unspecified atom stereocenters. The molecule has 0 saturated carbocycles. The third kappa shape index (κ3) is 5.61. The van der Waals surface area contributed by atoms with E-state index in [2.05, 4.69) is 4.74 Å². The zero-order valence-electron chi connectivity index (χ0n) is 10.6. The fourth-order valence-corrected chi connectivity index (χ4v) is 2.23. The molecule has 0 bridgehead atoms. The summed E-state index contributed by atoms with van der Waals surface area (Å²) in [5, 5.41) is 5.05. The van der Waals surface area contributed by atoms with Crippen LogP contribution in [0.15, 0.2) is 24.3 Å². The van der Waals surface area contributed by atoms with Crippen LogP contribution < -0.4 is 9.88 Å². The zero-order chi connectivity index (χ0) is 14.6. The largest absolute Gasteiger partial charge is 0.573 e. The van der Waals surface area contributed by atoms with Gasteiger partial charge in [0.2, 0.25) is 0 Å². The molecule has 0 fully saturated rings. The molecule has 0 heterocycles. The molecule has 2 N–H and O–H groups in total. The van der Waals surface area contributed by atoms with Crippen molar-refractivity contribution in [2.24, 2.45) is 5.14 Å². The van der Waals surface area contributed by atoms with Crippen LogP contribution >= 0.6 is 0 Å². The van der Waals surface area contributed by atoms with Gasteiger partial charge in [0.25, 0.3) is 0 Å². The maximum atomic E-state index is 12.1. The molecule has 0 aromatic heterocycles. The Labute approximate surface area is 112 Å². The molecule has 0 amide bonds. The fourth-order valence-electron chi connectivity index (χ4n) is 1.75. The highest BCUT2D eigenvalue weighted by Gasteiger charge is 2.31. The van der Waals surface area contributed by atoms with Crippen LogP contribution in [0.2, 0.25) is 0 Å². The summed E-state index contributed by atoms with van der Waals surface area (Å²) in [4.78, 5) is 0. The number of hydrogen-bond donors (Lipinski definition) is 1. The number of halogens is 3. The van der Waals surface area contributed by atoms with Crippen molar-refractivity contribution >= 4 is 11.0 Å². The van der Waals surface area contributed by atoms with Crippen LogP contribution in [0.25, 0.3) is 0 Å². The number of rotatable bonds is 5. The van der Waals surface area contributed by atoms with Gasteiger partial charge in [0.05, 0.1) is 11.0 Å². The minimum absolute atomic E-state index is 0.0562. The molecule has 108 valence electrons. The number of ether oxygens (including phenoxy) is 1. The Kier molecular flexibility index (Phi) is 5.37. The van der Waals surface area contributed by atoms with E-state index in [0.29, 0.717) is 12.0 Å². The minimum atomic E-state index is -4.70. The fraction of sp³-hybridized carbons (Fsp3) is 0.500. The van der Waals surface area contributed by atoms with Crippen LogP contribution in [0.4, 0.5) is 13.2 Å². The molecule has 0 radical (unpaired) electrons. The SMILES string of the molecule is CC(C[C@H](C)c1cccc(OC(F)(F)F)c1)S(N)=O. The summed E-state index contributed by atoms with van der Waals surface area (Å²) in [5.41, 5.74) is 0.694. The second kappa shape index (κ2) is 6.38. The first kappa shape index (κ1) is 16.0. The second-order valence-corrected chi connectivity index (χ2v) is 5.86. The van der Waals surface area contributed by atoms with Crippen LogP contribution in [0, 0.1) is 0 Å².